The first-order valence-electron chi connectivity index (χ1n) is 8.12. The molecule has 126 valence electrons. The highest BCUT2D eigenvalue weighted by Crippen LogP contribution is 2.33. The van der Waals surface area contributed by atoms with E-state index in [1.807, 2.05) is 13.8 Å². The number of nitriles is 1. The lowest BCUT2D eigenvalue weighted by Crippen LogP contribution is -2.30. The monoisotopic (exact) mass is 335 g/mol. The molecule has 0 spiro atoms. The topological polar surface area (TPSA) is 73.2 Å². The summed E-state index contributed by atoms with van der Waals surface area (Å²) >= 11 is 1.20. The number of nitrogens with one attached hydrogen (secondary N) is 1. The van der Waals surface area contributed by atoms with Crippen molar-refractivity contribution < 1.29 is 9.59 Å². The average Bonchev–Trinajstić information content (AvgIpc) is 2.84. The molecular weight excluding hydrogens is 310 g/mol. The molecule has 1 rings (SSSR count). The second-order valence-electron chi connectivity index (χ2n) is 5.35. The summed E-state index contributed by atoms with van der Waals surface area (Å²) in [7, 11) is 0. The van der Waals surface area contributed by atoms with Crippen LogP contribution >= 0.6 is 11.3 Å². The summed E-state index contributed by atoms with van der Waals surface area (Å²) in [4.78, 5) is 26.8. The molecule has 0 saturated heterocycles. The van der Waals surface area contributed by atoms with Crippen molar-refractivity contribution in [2.24, 2.45) is 0 Å². The molecule has 0 radical (unpaired) electrons. The summed E-state index contributed by atoms with van der Waals surface area (Å²) in [6.45, 7) is 8.93. The van der Waals surface area contributed by atoms with Gasteiger partial charge in [-0.1, -0.05) is 19.8 Å². The van der Waals surface area contributed by atoms with Gasteiger partial charge in [-0.2, -0.15) is 5.26 Å². The molecule has 0 aliphatic rings. The van der Waals surface area contributed by atoms with Gasteiger partial charge in [0, 0.05) is 19.5 Å². The molecule has 0 fully saturated rings. The van der Waals surface area contributed by atoms with Gasteiger partial charge in [0.15, 0.2) is 0 Å². The zero-order valence-electron chi connectivity index (χ0n) is 14.4. The fraction of sp³-hybridized carbons (Fsp3) is 0.588. The molecule has 0 saturated carbocycles. The molecule has 1 heterocycles. The molecule has 0 aliphatic heterocycles. The van der Waals surface area contributed by atoms with Crippen LogP contribution in [0.15, 0.2) is 0 Å². The van der Waals surface area contributed by atoms with Gasteiger partial charge in [-0.15, -0.1) is 11.3 Å². The Hall–Kier alpha value is -1.87. The van der Waals surface area contributed by atoms with Crippen LogP contribution in [0, 0.1) is 18.3 Å². The summed E-state index contributed by atoms with van der Waals surface area (Å²) in [5.74, 6) is -0.182. The van der Waals surface area contributed by atoms with E-state index >= 15 is 0 Å². The third kappa shape index (κ3) is 4.80. The zero-order valence-corrected chi connectivity index (χ0v) is 15.2. The maximum absolute atomic E-state index is 12.5. The minimum atomic E-state index is -0.0990. The number of hydrogen-bond acceptors (Lipinski definition) is 4. The summed E-state index contributed by atoms with van der Waals surface area (Å²) in [5, 5.41) is 12.6. The Morgan fingerprint density at radius 2 is 1.87 bits per heavy atom. The van der Waals surface area contributed by atoms with E-state index in [1.54, 1.807) is 11.8 Å². The highest BCUT2D eigenvalue weighted by Gasteiger charge is 2.23. The highest BCUT2D eigenvalue weighted by molar-refractivity contribution is 7.18. The number of anilines is 1. The van der Waals surface area contributed by atoms with Crippen LogP contribution in [0.1, 0.15) is 67.3 Å². The molecule has 5 nitrogen and oxygen atoms in total. The van der Waals surface area contributed by atoms with Gasteiger partial charge in [-0.25, -0.2) is 0 Å². The average molecular weight is 335 g/mol. The Morgan fingerprint density at radius 3 is 2.39 bits per heavy atom. The molecule has 0 aliphatic carbocycles. The third-order valence-electron chi connectivity index (χ3n) is 3.76. The Kier molecular flexibility index (Phi) is 7.76. The van der Waals surface area contributed by atoms with E-state index in [2.05, 4.69) is 18.3 Å². The van der Waals surface area contributed by atoms with E-state index in [9.17, 15) is 14.9 Å². The third-order valence-corrected chi connectivity index (χ3v) is 4.96. The number of rotatable bonds is 8. The predicted octanol–water partition coefficient (Wildman–Crippen LogP) is 3.93. The van der Waals surface area contributed by atoms with Crippen LogP contribution in [0.5, 0.6) is 0 Å². The first kappa shape index (κ1) is 19.2. The minimum Gasteiger partial charge on any atom is -0.338 e. The number of amides is 2. The molecule has 0 bridgehead atoms. The SMILES string of the molecule is CCCCCC(=O)Nc1sc(C(=O)N(CC)CC)c(C)c1C#N. The molecule has 1 aromatic rings. The Morgan fingerprint density at radius 1 is 1.22 bits per heavy atom. The smallest absolute Gasteiger partial charge is 0.264 e. The number of carbonyl (C=O) groups excluding carboxylic acids is 2. The van der Waals surface area contributed by atoms with E-state index in [0.29, 0.717) is 40.5 Å². The lowest BCUT2D eigenvalue weighted by atomic mass is 10.1. The van der Waals surface area contributed by atoms with Gasteiger partial charge in [0.2, 0.25) is 5.91 Å². The van der Waals surface area contributed by atoms with Crippen LogP contribution in [0.2, 0.25) is 0 Å². The fourth-order valence-corrected chi connectivity index (χ4v) is 3.46. The molecular formula is C17H25N3O2S. The van der Waals surface area contributed by atoms with Gasteiger partial charge >= 0.3 is 0 Å². The van der Waals surface area contributed by atoms with Gasteiger partial charge in [-0.3, -0.25) is 9.59 Å². The Labute approximate surface area is 142 Å². The zero-order chi connectivity index (χ0) is 17.4. The number of nitrogens with zero attached hydrogens (tertiary/aromatic N) is 2. The molecule has 0 atom stereocenters. The standard InChI is InChI=1S/C17H25N3O2S/c1-5-8-9-10-14(21)19-16-13(11-18)12(4)15(23-16)17(22)20(6-2)7-3/h5-10H2,1-4H3,(H,19,21). The Bertz CT molecular complexity index is 598. The summed E-state index contributed by atoms with van der Waals surface area (Å²) < 4.78 is 0. The molecule has 1 aromatic heterocycles. The lowest BCUT2D eigenvalue weighted by Gasteiger charge is -2.17. The van der Waals surface area contributed by atoms with Gasteiger partial charge in [0.1, 0.15) is 11.1 Å². The Balaban J connectivity index is 2.98. The lowest BCUT2D eigenvalue weighted by molar-refractivity contribution is -0.116. The van der Waals surface area contributed by atoms with Crippen molar-refractivity contribution in [3.05, 3.63) is 16.0 Å². The van der Waals surface area contributed by atoms with E-state index in [1.165, 1.54) is 11.3 Å². The molecule has 2 amide bonds. The van der Waals surface area contributed by atoms with Crippen LogP contribution < -0.4 is 5.32 Å². The minimum absolute atomic E-state index is 0.0829. The maximum Gasteiger partial charge on any atom is 0.264 e. The molecule has 6 heteroatoms. The van der Waals surface area contributed by atoms with Crippen LogP contribution in [0.3, 0.4) is 0 Å². The maximum atomic E-state index is 12.5. The summed E-state index contributed by atoms with van der Waals surface area (Å²) in [5.41, 5.74) is 1.05. The number of unbranched alkanes of at least 4 members (excludes halogenated alkanes) is 2. The van der Waals surface area contributed by atoms with E-state index in [0.717, 1.165) is 19.3 Å². The first-order chi connectivity index (χ1) is 11.0. The van der Waals surface area contributed by atoms with E-state index in [-0.39, 0.29) is 11.8 Å². The van der Waals surface area contributed by atoms with Crippen molar-refractivity contribution in [1.29, 1.82) is 5.26 Å². The normalized spacial score (nSPS) is 10.2. The molecule has 0 unspecified atom stereocenters. The van der Waals surface area contributed by atoms with Crippen molar-refractivity contribution in [3.63, 3.8) is 0 Å². The largest absolute Gasteiger partial charge is 0.338 e. The van der Waals surface area contributed by atoms with Crippen LogP contribution in [0.25, 0.3) is 0 Å². The van der Waals surface area contributed by atoms with E-state index in [4.69, 9.17) is 0 Å². The van der Waals surface area contributed by atoms with Crippen LogP contribution in [-0.4, -0.2) is 29.8 Å². The van der Waals surface area contributed by atoms with Crippen molar-refractivity contribution in [2.75, 3.05) is 18.4 Å². The van der Waals surface area contributed by atoms with Crippen LogP contribution in [0.4, 0.5) is 5.00 Å². The molecule has 23 heavy (non-hydrogen) atoms. The quantitative estimate of drug-likeness (QED) is 0.732. The summed E-state index contributed by atoms with van der Waals surface area (Å²) in [6.07, 6.45) is 3.33. The number of thiophene rings is 1. The van der Waals surface area contributed by atoms with Crippen molar-refractivity contribution in [2.45, 2.75) is 53.4 Å². The van der Waals surface area contributed by atoms with Crippen molar-refractivity contribution in [3.8, 4) is 6.07 Å². The first-order valence-corrected chi connectivity index (χ1v) is 8.94. The summed E-state index contributed by atoms with van der Waals surface area (Å²) in [6, 6.07) is 2.11. The van der Waals surface area contributed by atoms with E-state index < -0.39 is 0 Å². The van der Waals surface area contributed by atoms with Gasteiger partial charge in [0.25, 0.3) is 5.91 Å². The van der Waals surface area contributed by atoms with Crippen molar-refractivity contribution in [1.82, 2.24) is 4.90 Å². The van der Waals surface area contributed by atoms with Gasteiger partial charge in [0.05, 0.1) is 10.4 Å². The number of hydrogen-bond donors (Lipinski definition) is 1. The fourth-order valence-electron chi connectivity index (χ4n) is 2.32. The second-order valence-corrected chi connectivity index (χ2v) is 6.38. The molecule has 0 aromatic carbocycles. The number of carbonyl (C=O) groups is 2. The second kappa shape index (κ2) is 9.31. The van der Waals surface area contributed by atoms with Crippen LogP contribution in [-0.2, 0) is 4.79 Å². The molecule has 1 N–H and O–H groups in total. The van der Waals surface area contributed by atoms with Gasteiger partial charge < -0.3 is 10.2 Å². The highest BCUT2D eigenvalue weighted by atomic mass is 32.1. The van der Waals surface area contributed by atoms with Crippen molar-refractivity contribution >= 4 is 28.2 Å². The predicted molar refractivity (Wildman–Crippen MR) is 93.8 cm³/mol. The van der Waals surface area contributed by atoms with Gasteiger partial charge in [-0.05, 0) is 32.8 Å².